The smallest absolute Gasteiger partial charge is 0.250 e. The quantitative estimate of drug-likeness (QED) is 0.725. The summed E-state index contributed by atoms with van der Waals surface area (Å²) in [5, 5.41) is 2.83. The number of amides is 1. The van der Waals surface area contributed by atoms with Gasteiger partial charge in [-0.15, -0.1) is 0 Å². The summed E-state index contributed by atoms with van der Waals surface area (Å²) in [5.41, 5.74) is 2.59. The molecule has 1 aliphatic heterocycles. The summed E-state index contributed by atoms with van der Waals surface area (Å²) in [6, 6.07) is 13.2. The number of nitrogens with zero attached hydrogens (tertiary/aromatic N) is 2. The SMILES string of the molecule is CCn1cnc2cc(NC(=O)COCC3COc4ccccc4O3)ccc21. The van der Waals surface area contributed by atoms with Gasteiger partial charge < -0.3 is 24.1 Å². The Morgan fingerprint density at radius 2 is 2.15 bits per heavy atom. The van der Waals surface area contributed by atoms with Gasteiger partial charge in [-0.25, -0.2) is 4.98 Å². The van der Waals surface area contributed by atoms with E-state index in [1.807, 2.05) is 42.5 Å². The van der Waals surface area contributed by atoms with Crippen molar-refractivity contribution in [3.63, 3.8) is 0 Å². The van der Waals surface area contributed by atoms with Crippen LogP contribution in [0, 0.1) is 0 Å². The Kier molecular flexibility index (Phi) is 4.93. The van der Waals surface area contributed by atoms with Crippen molar-refractivity contribution in [1.82, 2.24) is 9.55 Å². The van der Waals surface area contributed by atoms with Crippen LogP contribution in [0.5, 0.6) is 11.5 Å². The molecule has 0 aliphatic carbocycles. The van der Waals surface area contributed by atoms with Crippen molar-refractivity contribution >= 4 is 22.6 Å². The van der Waals surface area contributed by atoms with Gasteiger partial charge in [-0.3, -0.25) is 4.79 Å². The molecule has 1 amide bonds. The van der Waals surface area contributed by atoms with Crippen LogP contribution in [-0.4, -0.2) is 41.4 Å². The zero-order valence-corrected chi connectivity index (χ0v) is 15.1. The molecule has 0 bridgehead atoms. The molecule has 1 unspecified atom stereocenters. The number of benzene rings is 2. The van der Waals surface area contributed by atoms with Gasteiger partial charge in [0.15, 0.2) is 17.6 Å². The van der Waals surface area contributed by atoms with Gasteiger partial charge in [0.05, 0.1) is 24.0 Å². The third-order valence-electron chi connectivity index (χ3n) is 4.35. The Morgan fingerprint density at radius 3 is 3.00 bits per heavy atom. The van der Waals surface area contributed by atoms with E-state index in [1.165, 1.54) is 0 Å². The summed E-state index contributed by atoms with van der Waals surface area (Å²) in [4.78, 5) is 16.5. The third-order valence-corrected chi connectivity index (χ3v) is 4.35. The zero-order valence-electron chi connectivity index (χ0n) is 15.1. The minimum absolute atomic E-state index is 0.0526. The molecule has 4 rings (SSSR count). The maximum Gasteiger partial charge on any atom is 0.250 e. The fraction of sp³-hybridized carbons (Fsp3) is 0.300. The molecule has 7 heteroatoms. The Morgan fingerprint density at radius 1 is 1.30 bits per heavy atom. The lowest BCUT2D eigenvalue weighted by atomic mass is 10.2. The van der Waals surface area contributed by atoms with Gasteiger partial charge in [-0.05, 0) is 37.3 Å². The van der Waals surface area contributed by atoms with Crippen molar-refractivity contribution in [2.45, 2.75) is 19.6 Å². The molecule has 1 aliphatic rings. The van der Waals surface area contributed by atoms with E-state index < -0.39 is 0 Å². The molecule has 1 N–H and O–H groups in total. The van der Waals surface area contributed by atoms with Crippen molar-refractivity contribution in [3.8, 4) is 11.5 Å². The predicted octanol–water partition coefficient (Wildman–Crippen LogP) is 2.85. The van der Waals surface area contributed by atoms with Crippen LogP contribution in [0.3, 0.4) is 0 Å². The van der Waals surface area contributed by atoms with Gasteiger partial charge in [-0.2, -0.15) is 0 Å². The highest BCUT2D eigenvalue weighted by molar-refractivity contribution is 5.93. The van der Waals surface area contributed by atoms with Crippen LogP contribution >= 0.6 is 0 Å². The number of fused-ring (bicyclic) bond motifs is 2. The zero-order chi connectivity index (χ0) is 18.6. The lowest BCUT2D eigenvalue weighted by Crippen LogP contribution is -2.34. The third kappa shape index (κ3) is 3.88. The van der Waals surface area contributed by atoms with E-state index in [-0.39, 0.29) is 25.2 Å². The van der Waals surface area contributed by atoms with Crippen molar-refractivity contribution in [1.29, 1.82) is 0 Å². The first-order chi connectivity index (χ1) is 13.2. The van der Waals surface area contributed by atoms with Crippen molar-refractivity contribution in [2.24, 2.45) is 0 Å². The van der Waals surface area contributed by atoms with Crippen LogP contribution in [0.15, 0.2) is 48.8 Å². The number of anilines is 1. The molecule has 27 heavy (non-hydrogen) atoms. The van der Waals surface area contributed by atoms with Gasteiger partial charge in [0.1, 0.15) is 13.2 Å². The van der Waals surface area contributed by atoms with E-state index >= 15 is 0 Å². The standard InChI is InChI=1S/C20H21N3O4/c1-2-23-13-21-16-9-14(7-8-17(16)23)22-20(24)12-25-10-15-11-26-18-5-3-4-6-19(18)27-15/h3-9,13,15H,2,10-12H2,1H3,(H,22,24). The molecule has 7 nitrogen and oxygen atoms in total. The Balaban J connectivity index is 1.26. The second-order valence-electron chi connectivity index (χ2n) is 6.29. The fourth-order valence-electron chi connectivity index (χ4n) is 3.02. The maximum atomic E-state index is 12.1. The average Bonchev–Trinajstić information content (AvgIpc) is 3.10. The Bertz CT molecular complexity index is 953. The van der Waals surface area contributed by atoms with E-state index in [2.05, 4.69) is 21.8 Å². The number of aryl methyl sites for hydroxylation is 1. The van der Waals surface area contributed by atoms with E-state index in [4.69, 9.17) is 14.2 Å². The number of carbonyl (C=O) groups excluding carboxylic acids is 1. The molecule has 140 valence electrons. The highest BCUT2D eigenvalue weighted by Crippen LogP contribution is 2.30. The number of rotatable bonds is 6. The number of ether oxygens (including phenoxy) is 3. The number of aromatic nitrogens is 2. The molecule has 1 aromatic heterocycles. The second kappa shape index (κ2) is 7.67. The van der Waals surface area contributed by atoms with E-state index in [1.54, 1.807) is 6.33 Å². The number of para-hydroxylation sites is 2. The van der Waals surface area contributed by atoms with Gasteiger partial charge in [-0.1, -0.05) is 12.1 Å². The Hall–Kier alpha value is -3.06. The summed E-state index contributed by atoms with van der Waals surface area (Å²) < 4.78 is 19.0. The average molecular weight is 367 g/mol. The number of hydrogen-bond donors (Lipinski definition) is 1. The maximum absolute atomic E-state index is 12.1. The number of hydrogen-bond acceptors (Lipinski definition) is 5. The minimum Gasteiger partial charge on any atom is -0.486 e. The van der Waals surface area contributed by atoms with Gasteiger partial charge in [0.25, 0.3) is 0 Å². The fourth-order valence-corrected chi connectivity index (χ4v) is 3.02. The molecule has 0 saturated heterocycles. The van der Waals surface area contributed by atoms with Gasteiger partial charge in [0, 0.05) is 12.2 Å². The number of imidazole rings is 1. The van der Waals surface area contributed by atoms with Crippen LogP contribution in [-0.2, 0) is 16.1 Å². The lowest BCUT2D eigenvalue weighted by Gasteiger charge is -2.26. The topological polar surface area (TPSA) is 74.6 Å². The van der Waals surface area contributed by atoms with Gasteiger partial charge >= 0.3 is 0 Å². The van der Waals surface area contributed by atoms with E-state index in [9.17, 15) is 4.79 Å². The van der Waals surface area contributed by atoms with Crippen molar-refractivity contribution in [2.75, 3.05) is 25.1 Å². The molecule has 0 fully saturated rings. The van der Waals surface area contributed by atoms with Crippen molar-refractivity contribution < 1.29 is 19.0 Å². The molecular weight excluding hydrogens is 346 g/mol. The van der Waals surface area contributed by atoms with Crippen LogP contribution < -0.4 is 14.8 Å². The minimum atomic E-state index is -0.234. The molecule has 2 heterocycles. The van der Waals surface area contributed by atoms with E-state index in [0.29, 0.717) is 18.0 Å². The Labute approximate surface area is 156 Å². The molecule has 0 saturated carbocycles. The summed E-state index contributed by atoms with van der Waals surface area (Å²) in [6.45, 7) is 3.54. The second-order valence-corrected chi connectivity index (χ2v) is 6.29. The molecule has 0 spiro atoms. The first-order valence-electron chi connectivity index (χ1n) is 8.94. The first-order valence-corrected chi connectivity index (χ1v) is 8.94. The van der Waals surface area contributed by atoms with Crippen LogP contribution in [0.4, 0.5) is 5.69 Å². The van der Waals surface area contributed by atoms with E-state index in [0.717, 1.165) is 23.3 Å². The first kappa shape index (κ1) is 17.4. The lowest BCUT2D eigenvalue weighted by molar-refractivity contribution is -0.121. The number of carbonyl (C=O) groups is 1. The number of nitrogens with one attached hydrogen (secondary N) is 1. The summed E-state index contributed by atoms with van der Waals surface area (Å²) in [6.07, 6.45) is 1.56. The predicted molar refractivity (Wildman–Crippen MR) is 101 cm³/mol. The molecular formula is C20H21N3O4. The normalized spacial score (nSPS) is 15.7. The highest BCUT2D eigenvalue weighted by atomic mass is 16.6. The van der Waals surface area contributed by atoms with Crippen LogP contribution in [0.2, 0.25) is 0 Å². The molecule has 1 atom stereocenters. The monoisotopic (exact) mass is 367 g/mol. The summed E-state index contributed by atoms with van der Waals surface area (Å²) in [7, 11) is 0. The van der Waals surface area contributed by atoms with Gasteiger partial charge in [0.2, 0.25) is 5.91 Å². The highest BCUT2D eigenvalue weighted by Gasteiger charge is 2.21. The largest absolute Gasteiger partial charge is 0.486 e. The molecule has 2 aromatic carbocycles. The van der Waals surface area contributed by atoms with Crippen LogP contribution in [0.1, 0.15) is 6.92 Å². The molecule has 0 radical (unpaired) electrons. The summed E-state index contributed by atoms with van der Waals surface area (Å²) >= 11 is 0. The summed E-state index contributed by atoms with van der Waals surface area (Å²) in [5.74, 6) is 1.20. The van der Waals surface area contributed by atoms with Crippen LogP contribution in [0.25, 0.3) is 11.0 Å². The van der Waals surface area contributed by atoms with Crippen molar-refractivity contribution in [3.05, 3.63) is 48.8 Å². The molecule has 3 aromatic rings.